The van der Waals surface area contributed by atoms with Crippen molar-refractivity contribution in [3.63, 3.8) is 0 Å². The summed E-state index contributed by atoms with van der Waals surface area (Å²) in [6.45, 7) is 4.32. The number of nitrogens with one attached hydrogen (secondary N) is 1. The third-order valence-corrected chi connectivity index (χ3v) is 3.58. The summed E-state index contributed by atoms with van der Waals surface area (Å²) in [7, 11) is 0. The van der Waals surface area contributed by atoms with Gasteiger partial charge in [0, 0.05) is 12.6 Å². The van der Waals surface area contributed by atoms with Crippen LogP contribution in [-0.2, 0) is 0 Å². The van der Waals surface area contributed by atoms with Crippen molar-refractivity contribution in [2.75, 3.05) is 6.54 Å². The van der Waals surface area contributed by atoms with Crippen LogP contribution in [-0.4, -0.2) is 30.0 Å². The van der Waals surface area contributed by atoms with Gasteiger partial charge in [0.05, 0.1) is 12.0 Å². The first-order valence-corrected chi connectivity index (χ1v) is 6.29. The van der Waals surface area contributed by atoms with Gasteiger partial charge in [0.1, 0.15) is 0 Å². The van der Waals surface area contributed by atoms with Crippen molar-refractivity contribution in [1.82, 2.24) is 5.32 Å². The summed E-state index contributed by atoms with van der Waals surface area (Å²) in [4.78, 5) is 0. The van der Waals surface area contributed by atoms with Gasteiger partial charge in [-0.25, -0.2) is 0 Å². The summed E-state index contributed by atoms with van der Waals surface area (Å²) in [6.07, 6.45) is -2.94. The van der Waals surface area contributed by atoms with Gasteiger partial charge >= 0.3 is 6.18 Å². The van der Waals surface area contributed by atoms with Crippen LogP contribution in [0.25, 0.3) is 0 Å². The van der Waals surface area contributed by atoms with Crippen molar-refractivity contribution < 1.29 is 18.3 Å². The molecule has 0 spiro atoms. The topological polar surface area (TPSA) is 32.3 Å². The smallest absolute Gasteiger partial charge is 0.391 e. The summed E-state index contributed by atoms with van der Waals surface area (Å²) < 4.78 is 37.3. The predicted octanol–water partition coefficient (Wildman–Crippen LogP) is 2.71. The van der Waals surface area contributed by atoms with Gasteiger partial charge < -0.3 is 10.4 Å². The summed E-state index contributed by atoms with van der Waals surface area (Å²) in [5.41, 5.74) is 0. The van der Waals surface area contributed by atoms with Crippen molar-refractivity contribution >= 4 is 0 Å². The van der Waals surface area contributed by atoms with Gasteiger partial charge in [0.2, 0.25) is 0 Å². The van der Waals surface area contributed by atoms with E-state index in [4.69, 9.17) is 0 Å². The van der Waals surface area contributed by atoms with Gasteiger partial charge in [-0.05, 0) is 31.6 Å². The lowest BCUT2D eigenvalue weighted by Crippen LogP contribution is -2.41. The molecule has 0 aliphatic heterocycles. The molecule has 17 heavy (non-hydrogen) atoms. The number of rotatable bonds is 4. The lowest BCUT2D eigenvalue weighted by Gasteiger charge is -2.31. The maximum Gasteiger partial charge on any atom is 0.391 e. The lowest BCUT2D eigenvalue weighted by molar-refractivity contribution is -0.182. The van der Waals surface area contributed by atoms with Crippen LogP contribution in [0.15, 0.2) is 0 Å². The minimum atomic E-state index is -4.04. The molecule has 0 aromatic carbocycles. The second-order valence-corrected chi connectivity index (χ2v) is 5.31. The first-order valence-electron chi connectivity index (χ1n) is 6.29. The minimum absolute atomic E-state index is 0.127. The molecule has 1 unspecified atom stereocenters. The number of hydrogen-bond acceptors (Lipinski definition) is 2. The van der Waals surface area contributed by atoms with E-state index in [2.05, 4.69) is 5.32 Å². The molecule has 1 fully saturated rings. The molecule has 0 bridgehead atoms. The number of aliphatic hydroxyl groups excluding tert-OH is 1. The van der Waals surface area contributed by atoms with Gasteiger partial charge in [-0.3, -0.25) is 0 Å². The molecule has 0 saturated heterocycles. The number of hydrogen-bond donors (Lipinski definition) is 2. The van der Waals surface area contributed by atoms with Gasteiger partial charge in [-0.15, -0.1) is 0 Å². The van der Waals surface area contributed by atoms with Gasteiger partial charge in [0.15, 0.2) is 0 Å². The van der Waals surface area contributed by atoms with Crippen LogP contribution in [0.3, 0.4) is 0 Å². The molecule has 0 radical (unpaired) electrons. The van der Waals surface area contributed by atoms with Gasteiger partial charge in [-0.1, -0.05) is 13.8 Å². The fourth-order valence-corrected chi connectivity index (χ4v) is 2.15. The Morgan fingerprint density at radius 1 is 1.18 bits per heavy atom. The van der Waals surface area contributed by atoms with E-state index in [1.165, 1.54) is 0 Å². The highest BCUT2D eigenvalue weighted by Crippen LogP contribution is 2.37. The molecule has 1 aliphatic carbocycles. The predicted molar refractivity (Wildman–Crippen MR) is 60.6 cm³/mol. The fourth-order valence-electron chi connectivity index (χ4n) is 2.15. The molecular weight excluding hydrogens is 231 g/mol. The highest BCUT2D eigenvalue weighted by atomic mass is 19.4. The van der Waals surface area contributed by atoms with E-state index in [0.29, 0.717) is 19.4 Å². The Kier molecular flexibility index (Phi) is 5.25. The van der Waals surface area contributed by atoms with Crippen molar-refractivity contribution in [1.29, 1.82) is 0 Å². The van der Waals surface area contributed by atoms with Crippen LogP contribution < -0.4 is 5.32 Å². The second-order valence-electron chi connectivity index (χ2n) is 5.31. The largest absolute Gasteiger partial charge is 0.392 e. The first-order chi connectivity index (χ1) is 7.80. The second kappa shape index (κ2) is 6.05. The summed E-state index contributed by atoms with van der Waals surface area (Å²) >= 11 is 0. The van der Waals surface area contributed by atoms with E-state index < -0.39 is 18.2 Å². The lowest BCUT2D eigenvalue weighted by atomic mass is 9.85. The highest BCUT2D eigenvalue weighted by Gasteiger charge is 2.41. The first kappa shape index (κ1) is 14.8. The average molecular weight is 253 g/mol. The highest BCUT2D eigenvalue weighted by molar-refractivity contribution is 4.81. The van der Waals surface area contributed by atoms with E-state index >= 15 is 0 Å². The van der Waals surface area contributed by atoms with Crippen LogP contribution in [0.5, 0.6) is 0 Å². The molecule has 2 nitrogen and oxygen atoms in total. The number of halogens is 3. The van der Waals surface area contributed by atoms with Crippen LogP contribution in [0.2, 0.25) is 0 Å². The minimum Gasteiger partial charge on any atom is -0.392 e. The Labute approximate surface area is 101 Å². The molecule has 1 rings (SSSR count). The molecular formula is C12H22F3NO. The fraction of sp³-hybridized carbons (Fsp3) is 1.00. The normalized spacial score (nSPS) is 28.4. The van der Waals surface area contributed by atoms with Gasteiger partial charge in [-0.2, -0.15) is 13.2 Å². The Morgan fingerprint density at radius 3 is 2.12 bits per heavy atom. The van der Waals surface area contributed by atoms with Crippen molar-refractivity contribution in [2.45, 2.75) is 57.9 Å². The molecule has 0 heterocycles. The number of aliphatic hydroxyl groups is 1. The molecule has 0 aromatic heterocycles. The molecule has 1 atom stereocenters. The SMILES string of the molecule is CC(C)C(O)CNC1CCC(C(F)(F)F)CC1. The van der Waals surface area contributed by atoms with E-state index in [0.717, 1.165) is 0 Å². The summed E-state index contributed by atoms with van der Waals surface area (Å²) in [5, 5.41) is 12.8. The van der Waals surface area contributed by atoms with Crippen molar-refractivity contribution in [2.24, 2.45) is 11.8 Å². The third kappa shape index (κ3) is 4.84. The molecule has 102 valence electrons. The van der Waals surface area contributed by atoms with Crippen LogP contribution in [0.1, 0.15) is 39.5 Å². The maximum absolute atomic E-state index is 12.4. The Balaban J connectivity index is 2.24. The van der Waals surface area contributed by atoms with Crippen LogP contribution >= 0.6 is 0 Å². The molecule has 1 saturated carbocycles. The Morgan fingerprint density at radius 2 is 1.71 bits per heavy atom. The zero-order valence-corrected chi connectivity index (χ0v) is 10.4. The quantitative estimate of drug-likeness (QED) is 0.807. The Bertz CT molecular complexity index is 222. The zero-order valence-electron chi connectivity index (χ0n) is 10.4. The summed E-state index contributed by atoms with van der Waals surface area (Å²) in [5.74, 6) is -0.954. The zero-order chi connectivity index (χ0) is 13.1. The number of alkyl halides is 3. The standard InChI is InChI=1S/C12H22F3NO/c1-8(2)11(17)7-16-10-5-3-9(4-6-10)12(13,14)15/h8-11,16-17H,3-7H2,1-2H3. The molecule has 0 aromatic rings. The third-order valence-electron chi connectivity index (χ3n) is 3.58. The maximum atomic E-state index is 12.4. The Hall–Kier alpha value is -0.290. The molecule has 1 aliphatic rings. The molecule has 2 N–H and O–H groups in total. The average Bonchev–Trinajstić information content (AvgIpc) is 2.25. The van der Waals surface area contributed by atoms with E-state index in [-0.39, 0.29) is 24.8 Å². The summed E-state index contributed by atoms with van der Waals surface area (Å²) in [6, 6.07) is 0.127. The van der Waals surface area contributed by atoms with Crippen molar-refractivity contribution in [3.8, 4) is 0 Å². The van der Waals surface area contributed by atoms with E-state index in [1.807, 2.05) is 13.8 Å². The monoisotopic (exact) mass is 253 g/mol. The van der Waals surface area contributed by atoms with Gasteiger partial charge in [0.25, 0.3) is 0 Å². The van der Waals surface area contributed by atoms with E-state index in [1.54, 1.807) is 0 Å². The molecule has 0 amide bonds. The molecule has 5 heteroatoms. The van der Waals surface area contributed by atoms with Crippen LogP contribution in [0, 0.1) is 11.8 Å². The van der Waals surface area contributed by atoms with Crippen molar-refractivity contribution in [3.05, 3.63) is 0 Å². The van der Waals surface area contributed by atoms with Crippen LogP contribution in [0.4, 0.5) is 13.2 Å². The van der Waals surface area contributed by atoms with E-state index in [9.17, 15) is 18.3 Å².